The zero-order valence-electron chi connectivity index (χ0n) is 12.9. The Kier molecular flexibility index (Phi) is 5.08. The third kappa shape index (κ3) is 3.71. The first-order chi connectivity index (χ1) is 11.4. The van der Waals surface area contributed by atoms with Crippen LogP contribution in [0.5, 0.6) is 0 Å². The van der Waals surface area contributed by atoms with Crippen LogP contribution < -0.4 is 5.32 Å². The van der Waals surface area contributed by atoms with E-state index < -0.39 is 6.04 Å². The molecule has 2 heterocycles. The Morgan fingerprint density at radius 2 is 2.00 bits per heavy atom. The number of aromatic nitrogens is 1. The van der Waals surface area contributed by atoms with Crippen LogP contribution in [0.25, 0.3) is 0 Å². The van der Waals surface area contributed by atoms with Gasteiger partial charge in [0.2, 0.25) is 5.91 Å². The Balaban J connectivity index is 1.77. The summed E-state index contributed by atoms with van der Waals surface area (Å²) < 4.78 is 0. The molecule has 2 amide bonds. The van der Waals surface area contributed by atoms with Crippen molar-refractivity contribution < 1.29 is 9.59 Å². The largest absolute Gasteiger partial charge is 0.327 e. The van der Waals surface area contributed by atoms with Gasteiger partial charge in [-0.2, -0.15) is 0 Å². The lowest BCUT2D eigenvalue weighted by atomic mass is 10.1. The molecule has 1 aromatic carbocycles. The van der Waals surface area contributed by atoms with Crippen LogP contribution in [0.1, 0.15) is 28.1 Å². The summed E-state index contributed by atoms with van der Waals surface area (Å²) in [5, 5.41) is 4.12. The number of carbonyl (C=O) groups is 2. The van der Waals surface area contributed by atoms with Gasteiger partial charge in [0.1, 0.15) is 6.04 Å². The molecule has 1 aliphatic heterocycles. The molecule has 1 aliphatic rings. The summed E-state index contributed by atoms with van der Waals surface area (Å²) in [5.41, 5.74) is 0.386. The quantitative estimate of drug-likeness (QED) is 0.870. The molecule has 1 aromatic heterocycles. The zero-order chi connectivity index (χ0) is 17.3. The first-order valence-corrected chi connectivity index (χ1v) is 9.01. The number of hydrogen-bond acceptors (Lipinski definition) is 4. The molecule has 1 unspecified atom stereocenters. The maximum Gasteiger partial charge on any atom is 0.254 e. The standard InChI is InChI=1S/C16H15Cl2N3O2S/c1-9-8-19-16(24-9)20-14(22)13-3-2-4-21(13)15(23)10-5-11(17)7-12(18)6-10/h5-8,13H,2-4H2,1H3,(H,19,20,22). The Morgan fingerprint density at radius 3 is 2.62 bits per heavy atom. The average Bonchev–Trinajstić information content (AvgIpc) is 3.14. The van der Waals surface area contributed by atoms with Crippen LogP contribution in [0, 0.1) is 6.92 Å². The fourth-order valence-corrected chi connectivity index (χ4v) is 3.92. The van der Waals surface area contributed by atoms with E-state index in [9.17, 15) is 9.59 Å². The average molecular weight is 384 g/mol. The summed E-state index contributed by atoms with van der Waals surface area (Å²) in [7, 11) is 0. The van der Waals surface area contributed by atoms with Gasteiger partial charge >= 0.3 is 0 Å². The number of rotatable bonds is 3. The van der Waals surface area contributed by atoms with Crippen molar-refractivity contribution in [2.75, 3.05) is 11.9 Å². The SMILES string of the molecule is Cc1cnc(NC(=O)C2CCCN2C(=O)c2cc(Cl)cc(Cl)c2)s1. The molecule has 24 heavy (non-hydrogen) atoms. The molecule has 1 fully saturated rings. The van der Waals surface area contributed by atoms with Crippen molar-refractivity contribution in [3.05, 3.63) is 44.9 Å². The Hall–Kier alpha value is -1.63. The normalized spacial score (nSPS) is 17.1. The molecular formula is C16H15Cl2N3O2S. The Bertz CT molecular complexity index is 773. The zero-order valence-corrected chi connectivity index (χ0v) is 15.2. The van der Waals surface area contributed by atoms with Crippen molar-refractivity contribution in [2.24, 2.45) is 0 Å². The fourth-order valence-electron chi connectivity index (χ4n) is 2.73. The number of hydrogen-bond donors (Lipinski definition) is 1. The Morgan fingerprint density at radius 1 is 1.29 bits per heavy atom. The topological polar surface area (TPSA) is 62.3 Å². The number of amides is 2. The molecule has 1 atom stereocenters. The van der Waals surface area contributed by atoms with Gasteiger partial charge in [-0.15, -0.1) is 11.3 Å². The van der Waals surface area contributed by atoms with E-state index in [-0.39, 0.29) is 11.8 Å². The van der Waals surface area contributed by atoms with Crippen LogP contribution in [0.15, 0.2) is 24.4 Å². The lowest BCUT2D eigenvalue weighted by Crippen LogP contribution is -2.43. The van der Waals surface area contributed by atoms with Crippen LogP contribution in [0.3, 0.4) is 0 Å². The number of aryl methyl sites for hydroxylation is 1. The first kappa shape index (κ1) is 17.2. The number of thiazole rings is 1. The molecule has 0 spiro atoms. The molecular weight excluding hydrogens is 369 g/mol. The molecule has 1 saturated heterocycles. The van der Waals surface area contributed by atoms with E-state index >= 15 is 0 Å². The van der Waals surface area contributed by atoms with Crippen molar-refractivity contribution in [1.82, 2.24) is 9.88 Å². The van der Waals surface area contributed by atoms with E-state index in [0.29, 0.717) is 33.7 Å². The number of likely N-dealkylation sites (tertiary alicyclic amines) is 1. The third-order valence-electron chi connectivity index (χ3n) is 3.78. The van der Waals surface area contributed by atoms with Gasteiger partial charge in [0, 0.05) is 33.2 Å². The molecule has 1 N–H and O–H groups in total. The van der Waals surface area contributed by atoms with Gasteiger partial charge in [-0.3, -0.25) is 9.59 Å². The third-order valence-corrected chi connectivity index (χ3v) is 5.04. The van der Waals surface area contributed by atoms with Crippen molar-refractivity contribution in [3.63, 3.8) is 0 Å². The van der Waals surface area contributed by atoms with E-state index in [1.807, 2.05) is 6.92 Å². The number of carbonyl (C=O) groups excluding carboxylic acids is 2. The molecule has 8 heteroatoms. The first-order valence-electron chi connectivity index (χ1n) is 7.44. The summed E-state index contributed by atoms with van der Waals surface area (Å²) in [4.78, 5) is 32.0. The molecule has 0 bridgehead atoms. The number of nitrogens with one attached hydrogen (secondary N) is 1. The lowest BCUT2D eigenvalue weighted by Gasteiger charge is -2.23. The predicted molar refractivity (Wildman–Crippen MR) is 96.0 cm³/mol. The van der Waals surface area contributed by atoms with E-state index in [4.69, 9.17) is 23.2 Å². The van der Waals surface area contributed by atoms with Crippen LogP contribution in [0.2, 0.25) is 10.0 Å². The van der Waals surface area contributed by atoms with Gasteiger partial charge in [-0.1, -0.05) is 23.2 Å². The lowest BCUT2D eigenvalue weighted by molar-refractivity contribution is -0.119. The Labute approximate surface area is 153 Å². The minimum atomic E-state index is -0.514. The molecule has 2 aromatic rings. The van der Waals surface area contributed by atoms with Gasteiger partial charge in [0.05, 0.1) is 0 Å². The van der Waals surface area contributed by atoms with Gasteiger partial charge in [0.15, 0.2) is 5.13 Å². The molecule has 126 valence electrons. The maximum atomic E-state index is 12.7. The van der Waals surface area contributed by atoms with E-state index in [1.54, 1.807) is 29.3 Å². The molecule has 3 rings (SSSR count). The van der Waals surface area contributed by atoms with Crippen LogP contribution in [-0.2, 0) is 4.79 Å². The van der Waals surface area contributed by atoms with Crippen LogP contribution >= 0.6 is 34.5 Å². The van der Waals surface area contributed by atoms with Gasteiger partial charge < -0.3 is 10.2 Å². The number of benzene rings is 1. The smallest absolute Gasteiger partial charge is 0.254 e. The van der Waals surface area contributed by atoms with E-state index in [2.05, 4.69) is 10.3 Å². The highest BCUT2D eigenvalue weighted by molar-refractivity contribution is 7.15. The molecule has 0 saturated carbocycles. The van der Waals surface area contributed by atoms with Crippen molar-refractivity contribution in [2.45, 2.75) is 25.8 Å². The molecule has 0 aliphatic carbocycles. The maximum absolute atomic E-state index is 12.7. The predicted octanol–water partition coefficient (Wildman–Crippen LogP) is 4.00. The van der Waals surface area contributed by atoms with E-state index in [0.717, 1.165) is 11.3 Å². The second-order valence-electron chi connectivity index (χ2n) is 5.58. The minimum Gasteiger partial charge on any atom is -0.327 e. The number of halogens is 2. The highest BCUT2D eigenvalue weighted by Gasteiger charge is 2.35. The number of nitrogens with zero attached hydrogens (tertiary/aromatic N) is 2. The van der Waals surface area contributed by atoms with Gasteiger partial charge in [-0.25, -0.2) is 4.98 Å². The monoisotopic (exact) mass is 383 g/mol. The summed E-state index contributed by atoms with van der Waals surface area (Å²) in [6, 6.07) is 4.18. The van der Waals surface area contributed by atoms with Gasteiger partial charge in [-0.05, 0) is 38.0 Å². The number of anilines is 1. The highest BCUT2D eigenvalue weighted by atomic mass is 35.5. The van der Waals surface area contributed by atoms with Crippen molar-refractivity contribution in [3.8, 4) is 0 Å². The second-order valence-corrected chi connectivity index (χ2v) is 7.69. The summed E-state index contributed by atoms with van der Waals surface area (Å²) in [5.74, 6) is -0.462. The van der Waals surface area contributed by atoms with Crippen LogP contribution in [-0.4, -0.2) is 34.3 Å². The second kappa shape index (κ2) is 7.09. The van der Waals surface area contributed by atoms with Crippen molar-refractivity contribution >= 4 is 51.5 Å². The molecule has 0 radical (unpaired) electrons. The van der Waals surface area contributed by atoms with Gasteiger partial charge in [0.25, 0.3) is 5.91 Å². The minimum absolute atomic E-state index is 0.219. The highest BCUT2D eigenvalue weighted by Crippen LogP contribution is 2.26. The fraction of sp³-hybridized carbons (Fsp3) is 0.312. The molecule has 5 nitrogen and oxygen atoms in total. The summed E-state index contributed by atoms with van der Waals surface area (Å²) in [6.07, 6.45) is 3.09. The van der Waals surface area contributed by atoms with Crippen molar-refractivity contribution in [1.29, 1.82) is 0 Å². The van der Waals surface area contributed by atoms with Crippen LogP contribution in [0.4, 0.5) is 5.13 Å². The summed E-state index contributed by atoms with van der Waals surface area (Å²) in [6.45, 7) is 2.44. The van der Waals surface area contributed by atoms with E-state index in [1.165, 1.54) is 11.3 Å². The summed E-state index contributed by atoms with van der Waals surface area (Å²) >= 11 is 13.3.